The molecule has 0 radical (unpaired) electrons. The summed E-state index contributed by atoms with van der Waals surface area (Å²) in [7, 11) is 0. The van der Waals surface area contributed by atoms with E-state index in [1.165, 1.54) is 18.2 Å². The largest absolute Gasteiger partial charge is 0.490 e. The number of aromatic nitrogens is 2. The number of benzene rings is 2. The summed E-state index contributed by atoms with van der Waals surface area (Å²) in [5, 5.41) is 12.5. The zero-order chi connectivity index (χ0) is 19.2. The molecule has 136 valence electrons. The molecule has 2 aromatic carbocycles. The summed E-state index contributed by atoms with van der Waals surface area (Å²) in [6.07, 6.45) is 3.39. The number of nitrogens with one attached hydrogen (secondary N) is 1. The van der Waals surface area contributed by atoms with Crippen LogP contribution in [-0.4, -0.2) is 29.3 Å². The summed E-state index contributed by atoms with van der Waals surface area (Å²) in [6.45, 7) is -0.203. The highest BCUT2D eigenvalue weighted by Gasteiger charge is 2.20. The molecule has 3 rings (SSSR count). The smallest absolute Gasteiger partial charge is 0.320 e. The molecule has 0 bridgehead atoms. The minimum atomic E-state index is -0.999. The number of nitroso groups, excluding NO2 is 2. The van der Waals surface area contributed by atoms with Gasteiger partial charge in [-0.25, -0.2) is 4.39 Å². The molecule has 27 heavy (non-hydrogen) atoms. The third kappa shape index (κ3) is 3.92. The molecule has 0 saturated heterocycles. The monoisotopic (exact) mass is 368 g/mol. The van der Waals surface area contributed by atoms with Crippen LogP contribution in [0.3, 0.4) is 0 Å². The molecule has 0 aliphatic heterocycles. The third-order valence-electron chi connectivity index (χ3n) is 3.76. The highest BCUT2D eigenvalue weighted by atomic mass is 19.1. The van der Waals surface area contributed by atoms with Crippen molar-refractivity contribution >= 4 is 29.0 Å². The highest BCUT2D eigenvalue weighted by Crippen LogP contribution is 2.33. The lowest BCUT2D eigenvalue weighted by atomic mass is 10.1. The van der Waals surface area contributed by atoms with Gasteiger partial charge in [-0.2, -0.15) is 10.0 Å². The number of amides is 1. The Morgan fingerprint density at radius 2 is 1.93 bits per heavy atom. The lowest BCUT2D eigenvalue weighted by molar-refractivity contribution is 0.0997. The van der Waals surface area contributed by atoms with E-state index < -0.39 is 5.91 Å². The Morgan fingerprint density at radius 3 is 2.63 bits per heavy atom. The zero-order valence-electron chi connectivity index (χ0n) is 13.9. The van der Waals surface area contributed by atoms with E-state index in [4.69, 9.17) is 4.74 Å². The second-order valence-corrected chi connectivity index (χ2v) is 5.46. The van der Waals surface area contributed by atoms with Gasteiger partial charge in [0.25, 0.3) is 0 Å². The van der Waals surface area contributed by atoms with Gasteiger partial charge in [-0.1, -0.05) is 23.4 Å². The summed E-state index contributed by atoms with van der Waals surface area (Å²) < 4.78 is 18.5. The van der Waals surface area contributed by atoms with Gasteiger partial charge in [0.2, 0.25) is 0 Å². The molecular weight excluding hydrogens is 355 g/mol. The molecule has 0 atom stereocenters. The first kappa shape index (κ1) is 18.1. The van der Waals surface area contributed by atoms with Crippen molar-refractivity contribution < 1.29 is 13.9 Å². The van der Waals surface area contributed by atoms with Crippen LogP contribution in [0.15, 0.2) is 46.8 Å². The van der Waals surface area contributed by atoms with Crippen molar-refractivity contribution in [3.8, 4) is 5.75 Å². The Labute approximate surface area is 152 Å². The number of nitrogens with zero attached hydrogens (tertiary/aromatic N) is 3. The Morgan fingerprint density at radius 1 is 1.15 bits per heavy atom. The summed E-state index contributed by atoms with van der Waals surface area (Å²) in [5.41, 5.74) is 1.70. The highest BCUT2D eigenvalue weighted by molar-refractivity contribution is 6.05. The molecule has 0 fully saturated rings. The van der Waals surface area contributed by atoms with Gasteiger partial charge in [-0.15, -0.1) is 4.91 Å². The Bertz CT molecular complexity index is 1030. The van der Waals surface area contributed by atoms with Crippen LogP contribution in [0.1, 0.15) is 21.6 Å². The van der Waals surface area contributed by atoms with Gasteiger partial charge in [0.1, 0.15) is 24.7 Å². The predicted octanol–water partition coefficient (Wildman–Crippen LogP) is 3.92. The number of fused-ring (bicyclic) bond motifs is 1. The zero-order valence-corrected chi connectivity index (χ0v) is 13.9. The first-order valence-corrected chi connectivity index (χ1v) is 7.88. The topological polar surface area (TPSA) is 114 Å². The molecule has 0 aliphatic carbocycles. The maximum Gasteiger partial charge on any atom is 0.320 e. The first-order valence-electron chi connectivity index (χ1n) is 7.88. The lowest BCUT2D eigenvalue weighted by Crippen LogP contribution is -2.06. The maximum atomic E-state index is 13.0. The van der Waals surface area contributed by atoms with E-state index >= 15 is 0 Å². The maximum absolute atomic E-state index is 13.0. The number of carbonyl (C=O) groups is 1. The van der Waals surface area contributed by atoms with Crippen molar-refractivity contribution in [2.75, 3.05) is 13.2 Å². The second-order valence-electron chi connectivity index (χ2n) is 5.46. The van der Waals surface area contributed by atoms with Crippen LogP contribution in [0.2, 0.25) is 0 Å². The molecule has 8 nitrogen and oxygen atoms in total. The fraction of sp³-hybridized carbons (Fsp3) is 0.111. The van der Waals surface area contributed by atoms with Crippen molar-refractivity contribution in [1.82, 2.24) is 10.2 Å². The van der Waals surface area contributed by atoms with Gasteiger partial charge in [0.05, 0.1) is 22.2 Å². The first-order chi connectivity index (χ1) is 13.1. The average molecular weight is 368 g/mol. The number of ether oxygens (including phenoxy) is 1. The molecule has 0 saturated carbocycles. The van der Waals surface area contributed by atoms with Gasteiger partial charge in [0, 0.05) is 5.18 Å². The van der Waals surface area contributed by atoms with E-state index in [-0.39, 0.29) is 30.3 Å². The summed E-state index contributed by atoms with van der Waals surface area (Å²) in [5.74, 6) is -1.25. The SMILES string of the molecule is O=NCCOc1c(C(=O)N=O)ccc2n[nH]c(/C=C/c3ccc(F)cc3)c12. The molecule has 3 aromatic rings. The summed E-state index contributed by atoms with van der Waals surface area (Å²) in [6, 6.07) is 8.79. The molecule has 1 heterocycles. The van der Waals surface area contributed by atoms with E-state index in [0.29, 0.717) is 16.6 Å². The Balaban J connectivity index is 2.07. The lowest BCUT2D eigenvalue weighted by Gasteiger charge is -2.09. The minimum absolute atomic E-state index is 0.0405. The van der Waals surface area contributed by atoms with Crippen LogP contribution in [0.4, 0.5) is 4.39 Å². The minimum Gasteiger partial charge on any atom is -0.490 e. The molecule has 0 aliphatic rings. The van der Waals surface area contributed by atoms with Gasteiger partial charge in [-0.3, -0.25) is 9.89 Å². The molecule has 1 aromatic heterocycles. The normalized spacial score (nSPS) is 11.0. The molecule has 1 N–H and O–H groups in total. The quantitative estimate of drug-likeness (QED) is 0.501. The van der Waals surface area contributed by atoms with Crippen molar-refractivity contribution in [1.29, 1.82) is 0 Å². The standard InChI is InChI=1S/C18H13FN4O4/c19-12-4-1-11(2-5-12)3-7-14-16-15(22-21-14)8-6-13(18(24)23-26)17(16)27-10-9-20-25/h1-8H,9-10H2,(H,21,22)/b7-3+. The van der Waals surface area contributed by atoms with E-state index in [2.05, 4.69) is 20.6 Å². The van der Waals surface area contributed by atoms with Crippen LogP contribution in [0, 0.1) is 15.6 Å². The molecule has 9 heteroatoms. The fourth-order valence-corrected chi connectivity index (χ4v) is 2.53. The van der Waals surface area contributed by atoms with Gasteiger partial charge >= 0.3 is 5.91 Å². The van der Waals surface area contributed by atoms with Crippen molar-refractivity contribution in [3.05, 3.63) is 68.9 Å². The third-order valence-corrected chi connectivity index (χ3v) is 3.76. The summed E-state index contributed by atoms with van der Waals surface area (Å²) in [4.78, 5) is 32.8. The second kappa shape index (κ2) is 8.09. The van der Waals surface area contributed by atoms with Crippen LogP contribution in [0.25, 0.3) is 23.1 Å². The van der Waals surface area contributed by atoms with Crippen molar-refractivity contribution in [3.63, 3.8) is 0 Å². The molecular formula is C18H13FN4O4. The number of aromatic amines is 1. The Hall–Kier alpha value is -3.75. The number of rotatable bonds is 7. The average Bonchev–Trinajstić information content (AvgIpc) is 3.10. The number of hydrogen-bond donors (Lipinski definition) is 1. The van der Waals surface area contributed by atoms with Gasteiger partial charge in [-0.05, 0) is 35.9 Å². The number of carbonyl (C=O) groups excluding carboxylic acids is 1. The fourth-order valence-electron chi connectivity index (χ4n) is 2.53. The molecule has 0 spiro atoms. The number of H-pyrrole nitrogens is 1. The van der Waals surface area contributed by atoms with E-state index in [1.807, 2.05) is 0 Å². The van der Waals surface area contributed by atoms with E-state index in [9.17, 15) is 19.0 Å². The van der Waals surface area contributed by atoms with Gasteiger partial charge in [0.15, 0.2) is 0 Å². The van der Waals surface area contributed by atoms with E-state index in [0.717, 1.165) is 5.56 Å². The molecule has 0 unspecified atom stereocenters. The Kier molecular flexibility index (Phi) is 5.41. The number of halogens is 1. The van der Waals surface area contributed by atoms with E-state index in [1.54, 1.807) is 30.4 Å². The number of hydrogen-bond acceptors (Lipinski definition) is 6. The van der Waals surface area contributed by atoms with Crippen LogP contribution in [0.5, 0.6) is 5.75 Å². The molecule has 1 amide bonds. The summed E-state index contributed by atoms with van der Waals surface area (Å²) >= 11 is 0. The van der Waals surface area contributed by atoms with Crippen molar-refractivity contribution in [2.24, 2.45) is 10.4 Å². The van der Waals surface area contributed by atoms with Gasteiger partial charge < -0.3 is 4.74 Å². The van der Waals surface area contributed by atoms with Crippen LogP contribution < -0.4 is 4.74 Å². The van der Waals surface area contributed by atoms with Crippen molar-refractivity contribution in [2.45, 2.75) is 0 Å². The predicted molar refractivity (Wildman–Crippen MR) is 97.7 cm³/mol. The van der Waals surface area contributed by atoms with Crippen LogP contribution in [-0.2, 0) is 0 Å². The van der Waals surface area contributed by atoms with Crippen LogP contribution >= 0.6 is 0 Å².